The number of nitrogens with one attached hydrogen (secondary N) is 1. The van der Waals surface area contributed by atoms with Gasteiger partial charge in [-0.3, -0.25) is 4.99 Å². The molecular weight excluding hydrogens is 226 g/mol. The molecule has 0 bridgehead atoms. The van der Waals surface area contributed by atoms with E-state index in [0.717, 1.165) is 45.1 Å². The quantitative estimate of drug-likeness (QED) is 0.371. The van der Waals surface area contributed by atoms with Gasteiger partial charge in [0.05, 0.1) is 0 Å². The van der Waals surface area contributed by atoms with Crippen LogP contribution in [0.3, 0.4) is 0 Å². The first-order chi connectivity index (χ1) is 8.76. The van der Waals surface area contributed by atoms with Crippen molar-refractivity contribution in [1.29, 1.82) is 0 Å². The van der Waals surface area contributed by atoms with Gasteiger partial charge in [-0.1, -0.05) is 26.7 Å². The molecule has 0 spiro atoms. The molecule has 0 aromatic carbocycles. The number of unbranched alkanes of at least 4 members (excludes halogenated alkanes) is 2. The molecule has 0 fully saturated rings. The Labute approximate surface area is 113 Å². The summed E-state index contributed by atoms with van der Waals surface area (Å²) in [4.78, 5) is 6.46. The van der Waals surface area contributed by atoms with Gasteiger partial charge in [0.15, 0.2) is 5.96 Å². The summed E-state index contributed by atoms with van der Waals surface area (Å²) in [5, 5.41) is 3.36. The molecule has 0 saturated carbocycles. The van der Waals surface area contributed by atoms with Crippen LogP contribution in [-0.4, -0.2) is 51.3 Å². The zero-order valence-corrected chi connectivity index (χ0v) is 12.7. The van der Waals surface area contributed by atoms with Gasteiger partial charge in [-0.15, -0.1) is 0 Å². The first-order valence-corrected chi connectivity index (χ1v) is 7.25. The van der Waals surface area contributed by atoms with Gasteiger partial charge >= 0.3 is 0 Å². The molecule has 0 heterocycles. The van der Waals surface area contributed by atoms with E-state index in [-0.39, 0.29) is 0 Å². The highest BCUT2D eigenvalue weighted by molar-refractivity contribution is 5.79. The molecular formula is C14H31N3O. The van der Waals surface area contributed by atoms with Gasteiger partial charge in [0, 0.05) is 40.4 Å². The van der Waals surface area contributed by atoms with E-state index in [4.69, 9.17) is 4.74 Å². The molecule has 0 radical (unpaired) electrons. The fourth-order valence-electron chi connectivity index (χ4n) is 1.61. The molecule has 4 heteroatoms. The molecule has 4 nitrogen and oxygen atoms in total. The van der Waals surface area contributed by atoms with Gasteiger partial charge in [0.2, 0.25) is 0 Å². The molecule has 0 aliphatic heterocycles. The highest BCUT2D eigenvalue weighted by Crippen LogP contribution is 1.93. The molecule has 0 aliphatic rings. The third-order valence-corrected chi connectivity index (χ3v) is 2.81. The maximum Gasteiger partial charge on any atom is 0.193 e. The minimum Gasteiger partial charge on any atom is -0.381 e. The lowest BCUT2D eigenvalue weighted by atomic mass is 10.3. The molecule has 0 aromatic heterocycles. The van der Waals surface area contributed by atoms with Crippen LogP contribution in [0.15, 0.2) is 4.99 Å². The van der Waals surface area contributed by atoms with Crippen LogP contribution in [-0.2, 0) is 4.74 Å². The second-order valence-electron chi connectivity index (χ2n) is 4.57. The molecule has 1 N–H and O–H groups in total. The third kappa shape index (κ3) is 9.28. The number of hydrogen-bond donors (Lipinski definition) is 1. The van der Waals surface area contributed by atoms with Gasteiger partial charge in [-0.25, -0.2) is 0 Å². The summed E-state index contributed by atoms with van der Waals surface area (Å²) in [6, 6.07) is 0. The van der Waals surface area contributed by atoms with Crippen LogP contribution in [0.5, 0.6) is 0 Å². The maximum absolute atomic E-state index is 5.52. The largest absolute Gasteiger partial charge is 0.381 e. The maximum atomic E-state index is 5.52. The van der Waals surface area contributed by atoms with E-state index >= 15 is 0 Å². The SMILES string of the molecule is CCCCOCCCNC(=NC)N(C)CCCC. The molecule has 0 aromatic rings. The number of aliphatic imine (C=N–C) groups is 1. The standard InChI is InChI=1S/C14H31N3O/c1-5-7-11-17(4)14(15-3)16-10-9-13-18-12-8-6-2/h5-13H2,1-4H3,(H,15,16). The summed E-state index contributed by atoms with van der Waals surface area (Å²) >= 11 is 0. The predicted molar refractivity (Wildman–Crippen MR) is 79.2 cm³/mol. The highest BCUT2D eigenvalue weighted by atomic mass is 16.5. The first-order valence-electron chi connectivity index (χ1n) is 7.25. The molecule has 0 saturated heterocycles. The van der Waals surface area contributed by atoms with Gasteiger partial charge in [0.25, 0.3) is 0 Å². The molecule has 108 valence electrons. The normalized spacial score (nSPS) is 11.7. The van der Waals surface area contributed by atoms with Crippen molar-refractivity contribution >= 4 is 5.96 Å². The summed E-state index contributed by atoms with van der Waals surface area (Å²) in [5.74, 6) is 0.983. The second-order valence-corrected chi connectivity index (χ2v) is 4.57. The van der Waals surface area contributed by atoms with Crippen molar-refractivity contribution in [2.24, 2.45) is 4.99 Å². The Hall–Kier alpha value is -0.770. The minimum atomic E-state index is 0.836. The van der Waals surface area contributed by atoms with E-state index in [0.29, 0.717) is 0 Å². The highest BCUT2D eigenvalue weighted by Gasteiger charge is 2.03. The fourth-order valence-corrected chi connectivity index (χ4v) is 1.61. The van der Waals surface area contributed by atoms with Crippen LogP contribution < -0.4 is 5.32 Å². The fraction of sp³-hybridized carbons (Fsp3) is 0.929. The van der Waals surface area contributed by atoms with Crippen LogP contribution in [0.25, 0.3) is 0 Å². The molecule has 0 rings (SSSR count). The lowest BCUT2D eigenvalue weighted by Gasteiger charge is -2.21. The zero-order valence-electron chi connectivity index (χ0n) is 12.7. The van der Waals surface area contributed by atoms with Gasteiger partial charge in [-0.05, 0) is 19.3 Å². The van der Waals surface area contributed by atoms with Crippen molar-refractivity contribution in [1.82, 2.24) is 10.2 Å². The summed E-state index contributed by atoms with van der Waals surface area (Å²) in [7, 11) is 3.92. The number of nitrogens with zero attached hydrogens (tertiary/aromatic N) is 2. The Kier molecular flexibility index (Phi) is 12.1. The summed E-state index contributed by atoms with van der Waals surface area (Å²) in [5.41, 5.74) is 0. The minimum absolute atomic E-state index is 0.836. The average molecular weight is 257 g/mol. The average Bonchev–Trinajstić information content (AvgIpc) is 2.39. The van der Waals surface area contributed by atoms with Crippen molar-refractivity contribution in [3.05, 3.63) is 0 Å². The van der Waals surface area contributed by atoms with Crippen molar-refractivity contribution in [2.75, 3.05) is 40.4 Å². The topological polar surface area (TPSA) is 36.9 Å². The van der Waals surface area contributed by atoms with Crippen molar-refractivity contribution < 1.29 is 4.74 Å². The first kappa shape index (κ1) is 17.2. The monoisotopic (exact) mass is 257 g/mol. The molecule has 18 heavy (non-hydrogen) atoms. The Morgan fingerprint density at radius 3 is 2.39 bits per heavy atom. The molecule has 0 unspecified atom stereocenters. The van der Waals surface area contributed by atoms with Gasteiger partial charge < -0.3 is 15.0 Å². The van der Waals surface area contributed by atoms with E-state index in [9.17, 15) is 0 Å². The van der Waals surface area contributed by atoms with Crippen LogP contribution >= 0.6 is 0 Å². The van der Waals surface area contributed by atoms with Crippen LogP contribution in [0.1, 0.15) is 46.0 Å². The van der Waals surface area contributed by atoms with Crippen molar-refractivity contribution in [2.45, 2.75) is 46.0 Å². The Bertz CT molecular complexity index is 207. The van der Waals surface area contributed by atoms with E-state index in [2.05, 4.69) is 36.1 Å². The number of rotatable bonds is 10. The predicted octanol–water partition coefficient (Wildman–Crippen LogP) is 2.50. The van der Waals surface area contributed by atoms with E-state index < -0.39 is 0 Å². The third-order valence-electron chi connectivity index (χ3n) is 2.81. The lowest BCUT2D eigenvalue weighted by molar-refractivity contribution is 0.129. The van der Waals surface area contributed by atoms with E-state index in [1.807, 2.05) is 7.05 Å². The van der Waals surface area contributed by atoms with Crippen molar-refractivity contribution in [3.8, 4) is 0 Å². The van der Waals surface area contributed by atoms with E-state index in [1.165, 1.54) is 19.3 Å². The number of guanidine groups is 1. The molecule has 0 atom stereocenters. The summed E-state index contributed by atoms with van der Waals surface area (Å²) < 4.78 is 5.52. The number of ether oxygens (including phenoxy) is 1. The van der Waals surface area contributed by atoms with Gasteiger partial charge in [0.1, 0.15) is 0 Å². The van der Waals surface area contributed by atoms with Crippen LogP contribution in [0.4, 0.5) is 0 Å². The van der Waals surface area contributed by atoms with Crippen LogP contribution in [0, 0.1) is 0 Å². The lowest BCUT2D eigenvalue weighted by Crippen LogP contribution is -2.40. The summed E-state index contributed by atoms with van der Waals surface area (Å²) in [6.07, 6.45) is 5.82. The number of hydrogen-bond acceptors (Lipinski definition) is 2. The van der Waals surface area contributed by atoms with E-state index in [1.54, 1.807) is 0 Å². The van der Waals surface area contributed by atoms with Gasteiger partial charge in [-0.2, -0.15) is 0 Å². The van der Waals surface area contributed by atoms with Crippen LogP contribution in [0.2, 0.25) is 0 Å². The zero-order chi connectivity index (χ0) is 13.6. The smallest absolute Gasteiger partial charge is 0.193 e. The molecule has 0 aliphatic carbocycles. The van der Waals surface area contributed by atoms with Crippen molar-refractivity contribution in [3.63, 3.8) is 0 Å². The Balaban J connectivity index is 3.56. The second kappa shape index (κ2) is 12.7. The summed E-state index contributed by atoms with van der Waals surface area (Å²) in [6.45, 7) is 8.10. The Morgan fingerprint density at radius 2 is 1.78 bits per heavy atom. The molecule has 0 amide bonds. The Morgan fingerprint density at radius 1 is 1.11 bits per heavy atom.